The predicted octanol–water partition coefficient (Wildman–Crippen LogP) is 6.96. The molecule has 0 saturated carbocycles. The van der Waals surface area contributed by atoms with Gasteiger partial charge in [0.05, 0.1) is 6.54 Å². The number of nitrogens with one attached hydrogen (secondary N) is 1. The highest BCUT2D eigenvalue weighted by atomic mass is 35.5. The van der Waals surface area contributed by atoms with E-state index in [9.17, 15) is 9.18 Å². The van der Waals surface area contributed by atoms with E-state index in [1.165, 1.54) is 12.1 Å². The second kappa shape index (κ2) is 11.4. The van der Waals surface area contributed by atoms with Crippen molar-refractivity contribution in [3.8, 4) is 11.5 Å². The molecular formula is C33H28ClFN2O3. The van der Waals surface area contributed by atoms with Crippen molar-refractivity contribution in [2.24, 2.45) is 0 Å². The van der Waals surface area contributed by atoms with Crippen molar-refractivity contribution >= 4 is 28.4 Å². The lowest BCUT2D eigenvalue weighted by Gasteiger charge is -2.26. The quantitative estimate of drug-likeness (QED) is 0.225. The maximum absolute atomic E-state index is 13.5. The molecule has 0 spiro atoms. The van der Waals surface area contributed by atoms with Crippen LogP contribution in [0.2, 0.25) is 5.02 Å². The molecule has 0 aliphatic carbocycles. The third-order valence-electron chi connectivity index (χ3n) is 7.20. The molecule has 2 atom stereocenters. The normalized spacial score (nSPS) is 15.1. The smallest absolute Gasteiger partial charge is 0.221 e. The average Bonchev–Trinajstić information content (AvgIpc) is 3.34. The fraction of sp³-hybridized carbons (Fsp3) is 0.182. The molecule has 2 heterocycles. The van der Waals surface area contributed by atoms with Crippen molar-refractivity contribution in [1.29, 1.82) is 0 Å². The first-order valence-electron chi connectivity index (χ1n) is 13.3. The molecule has 5 nitrogen and oxygen atoms in total. The van der Waals surface area contributed by atoms with Gasteiger partial charge in [0.2, 0.25) is 5.91 Å². The van der Waals surface area contributed by atoms with Gasteiger partial charge in [-0.25, -0.2) is 4.39 Å². The Bertz CT molecular complexity index is 1650. The maximum Gasteiger partial charge on any atom is 0.221 e. The van der Waals surface area contributed by atoms with Crippen LogP contribution >= 0.6 is 11.6 Å². The Hall–Kier alpha value is -4.29. The van der Waals surface area contributed by atoms with Gasteiger partial charge in [-0.1, -0.05) is 66.2 Å². The molecule has 0 fully saturated rings. The summed E-state index contributed by atoms with van der Waals surface area (Å²) in [4.78, 5) is 13.4. The molecule has 7 heteroatoms. The Balaban J connectivity index is 1.26. The predicted molar refractivity (Wildman–Crippen MR) is 155 cm³/mol. The van der Waals surface area contributed by atoms with E-state index in [2.05, 4.69) is 28.2 Å². The van der Waals surface area contributed by atoms with Gasteiger partial charge in [-0.15, -0.1) is 0 Å². The van der Waals surface area contributed by atoms with Crippen LogP contribution in [-0.2, 0) is 11.3 Å². The van der Waals surface area contributed by atoms with Crippen molar-refractivity contribution in [3.63, 3.8) is 0 Å². The van der Waals surface area contributed by atoms with Crippen LogP contribution in [0.15, 0.2) is 103 Å². The lowest BCUT2D eigenvalue weighted by Crippen LogP contribution is -2.41. The van der Waals surface area contributed by atoms with Crippen LogP contribution in [0.5, 0.6) is 11.5 Å². The minimum atomic E-state index is -0.277. The van der Waals surface area contributed by atoms with E-state index in [-0.39, 0.29) is 30.2 Å². The average molecular weight is 555 g/mol. The summed E-state index contributed by atoms with van der Waals surface area (Å²) in [5.41, 5.74) is 4.02. The second-order valence-corrected chi connectivity index (χ2v) is 10.4. The van der Waals surface area contributed by atoms with E-state index < -0.39 is 0 Å². The first-order chi connectivity index (χ1) is 19.5. The number of nitrogens with zero attached hydrogens (tertiary/aromatic N) is 1. The monoisotopic (exact) mass is 554 g/mol. The summed E-state index contributed by atoms with van der Waals surface area (Å²) >= 11 is 6.39. The van der Waals surface area contributed by atoms with Gasteiger partial charge in [0, 0.05) is 41.0 Å². The van der Waals surface area contributed by atoms with Crippen molar-refractivity contribution in [3.05, 3.63) is 131 Å². The van der Waals surface area contributed by atoms with Gasteiger partial charge in [0.15, 0.2) is 11.5 Å². The summed E-state index contributed by atoms with van der Waals surface area (Å²) < 4.78 is 27.5. The fourth-order valence-corrected chi connectivity index (χ4v) is 5.45. The third-order valence-corrected chi connectivity index (χ3v) is 7.43. The van der Waals surface area contributed by atoms with Crippen LogP contribution in [0, 0.1) is 5.82 Å². The molecule has 1 aliphatic rings. The summed E-state index contributed by atoms with van der Waals surface area (Å²) in [7, 11) is 0. The molecule has 0 bridgehead atoms. The van der Waals surface area contributed by atoms with Gasteiger partial charge in [0.1, 0.15) is 18.5 Å². The van der Waals surface area contributed by atoms with Gasteiger partial charge in [-0.05, 0) is 59.2 Å². The summed E-state index contributed by atoms with van der Waals surface area (Å²) in [6.45, 7) is 1.28. The molecular weight excluding hydrogens is 527 g/mol. The minimum absolute atomic E-state index is 0.0946. The number of ether oxygens (including phenoxy) is 2. The minimum Gasteiger partial charge on any atom is -0.486 e. The molecule has 5 aromatic rings. The second-order valence-electron chi connectivity index (χ2n) is 9.97. The van der Waals surface area contributed by atoms with Crippen LogP contribution in [0.25, 0.3) is 10.9 Å². The van der Waals surface area contributed by atoms with Crippen molar-refractivity contribution in [1.82, 2.24) is 9.88 Å². The first kappa shape index (κ1) is 26.0. The van der Waals surface area contributed by atoms with E-state index in [1.54, 1.807) is 12.1 Å². The Morgan fingerprint density at radius 3 is 2.58 bits per heavy atom. The highest BCUT2D eigenvalue weighted by molar-refractivity contribution is 6.30. The highest BCUT2D eigenvalue weighted by Crippen LogP contribution is 2.36. The molecule has 0 saturated heterocycles. The first-order valence-corrected chi connectivity index (χ1v) is 13.6. The van der Waals surface area contributed by atoms with Crippen LogP contribution in [0.1, 0.15) is 29.0 Å². The number of halogens is 2. The van der Waals surface area contributed by atoms with E-state index in [0.29, 0.717) is 36.2 Å². The molecule has 1 N–H and O–H groups in total. The molecule has 0 radical (unpaired) electrons. The van der Waals surface area contributed by atoms with Gasteiger partial charge < -0.3 is 19.4 Å². The molecule has 202 valence electrons. The fourth-order valence-electron chi connectivity index (χ4n) is 5.25. The largest absolute Gasteiger partial charge is 0.486 e. The van der Waals surface area contributed by atoms with E-state index in [4.69, 9.17) is 21.1 Å². The zero-order chi connectivity index (χ0) is 27.5. The van der Waals surface area contributed by atoms with Gasteiger partial charge in [0.25, 0.3) is 0 Å². The van der Waals surface area contributed by atoms with Crippen LogP contribution < -0.4 is 14.8 Å². The zero-order valence-electron chi connectivity index (χ0n) is 21.7. The molecule has 40 heavy (non-hydrogen) atoms. The molecule has 6 rings (SSSR count). The zero-order valence-corrected chi connectivity index (χ0v) is 22.5. The number of fused-ring (bicyclic) bond motifs is 2. The Morgan fingerprint density at radius 2 is 1.75 bits per heavy atom. The topological polar surface area (TPSA) is 52.5 Å². The van der Waals surface area contributed by atoms with E-state index in [1.807, 2.05) is 60.7 Å². The number of para-hydroxylation sites is 3. The molecule has 4 aromatic carbocycles. The number of hydrogen-bond acceptors (Lipinski definition) is 3. The van der Waals surface area contributed by atoms with Crippen molar-refractivity contribution in [2.75, 3.05) is 13.2 Å². The van der Waals surface area contributed by atoms with Crippen molar-refractivity contribution < 1.29 is 18.7 Å². The Labute approximate surface area is 237 Å². The highest BCUT2D eigenvalue weighted by Gasteiger charge is 2.25. The SMILES string of the molecule is O=C(C[C@H](c1cccc(Cl)c1)c1cn(Cc2ccc(F)cc2)c2ccccc12)NC[C@@H]1COc2ccccc2O1. The van der Waals surface area contributed by atoms with Gasteiger partial charge in [-0.2, -0.15) is 0 Å². The van der Waals surface area contributed by atoms with Crippen LogP contribution in [-0.4, -0.2) is 29.7 Å². The van der Waals surface area contributed by atoms with Gasteiger partial charge >= 0.3 is 0 Å². The van der Waals surface area contributed by atoms with E-state index >= 15 is 0 Å². The number of carbonyl (C=O) groups is 1. The molecule has 1 amide bonds. The summed E-state index contributed by atoms with van der Waals surface area (Å²) in [5.74, 6) is 0.801. The summed E-state index contributed by atoms with van der Waals surface area (Å²) in [6.07, 6.45) is 2.05. The van der Waals surface area contributed by atoms with Crippen LogP contribution in [0.4, 0.5) is 4.39 Å². The molecule has 0 unspecified atom stereocenters. The lowest BCUT2D eigenvalue weighted by molar-refractivity contribution is -0.121. The maximum atomic E-state index is 13.5. The molecule has 1 aliphatic heterocycles. The molecule has 1 aromatic heterocycles. The third kappa shape index (κ3) is 5.68. The number of carbonyl (C=O) groups excluding carboxylic acids is 1. The number of rotatable bonds is 8. The number of benzene rings is 4. The Morgan fingerprint density at radius 1 is 0.975 bits per heavy atom. The standard InChI is InChI=1S/C33H28ClFN2O3/c34-24-7-5-6-23(16-24)28(17-33(38)36-18-26-21-39-31-10-3-4-11-32(31)40-26)29-20-37(30-9-2-1-8-27(29)30)19-22-12-14-25(35)15-13-22/h1-16,20,26,28H,17-19,21H2,(H,36,38)/t26-,28-/m1/s1. The number of amides is 1. The lowest BCUT2D eigenvalue weighted by atomic mass is 9.88. The van der Waals surface area contributed by atoms with E-state index in [0.717, 1.165) is 27.6 Å². The summed E-state index contributed by atoms with van der Waals surface area (Å²) in [5, 5.41) is 4.72. The van der Waals surface area contributed by atoms with Gasteiger partial charge in [-0.3, -0.25) is 4.79 Å². The number of aromatic nitrogens is 1. The van der Waals surface area contributed by atoms with Crippen LogP contribution in [0.3, 0.4) is 0 Å². The summed E-state index contributed by atoms with van der Waals surface area (Å²) in [6, 6.07) is 29.9. The number of hydrogen-bond donors (Lipinski definition) is 1. The Kier molecular flexibility index (Phi) is 7.43. The van der Waals surface area contributed by atoms with Crippen molar-refractivity contribution in [2.45, 2.75) is 25.0 Å².